The molecule has 5 heteroatoms. The predicted molar refractivity (Wildman–Crippen MR) is 70.7 cm³/mol. The van der Waals surface area contributed by atoms with Crippen molar-refractivity contribution in [3.63, 3.8) is 0 Å². The Bertz CT molecular complexity index is 373. The molecule has 2 nitrogen and oxygen atoms in total. The van der Waals surface area contributed by atoms with Crippen LogP contribution in [0.1, 0.15) is 43.2 Å². The molecule has 0 bridgehead atoms. The summed E-state index contributed by atoms with van der Waals surface area (Å²) < 4.78 is 37.4. The Kier molecular flexibility index (Phi) is 5.82. The molecule has 1 rings (SSSR count). The van der Waals surface area contributed by atoms with Crippen LogP contribution in [0.3, 0.4) is 0 Å². The molecule has 0 aromatic heterocycles. The summed E-state index contributed by atoms with van der Waals surface area (Å²) in [6.07, 6.45) is -1.43. The highest BCUT2D eigenvalue weighted by atomic mass is 19.4. The summed E-state index contributed by atoms with van der Waals surface area (Å²) in [4.78, 5) is 0. The summed E-state index contributed by atoms with van der Waals surface area (Å²) in [5.74, 6) is -0.0890. The Morgan fingerprint density at radius 1 is 1.16 bits per heavy atom. The molecule has 0 spiro atoms. The molecule has 0 radical (unpaired) electrons. The lowest BCUT2D eigenvalue weighted by Gasteiger charge is -2.23. The predicted octanol–water partition coefficient (Wildman–Crippen LogP) is 3.27. The van der Waals surface area contributed by atoms with Crippen LogP contribution in [0.2, 0.25) is 0 Å². The largest absolute Gasteiger partial charge is 0.416 e. The van der Waals surface area contributed by atoms with Gasteiger partial charge in [0, 0.05) is 18.5 Å². The van der Waals surface area contributed by atoms with Gasteiger partial charge in [0.1, 0.15) is 0 Å². The molecular formula is C14H21F3N2. The maximum absolute atomic E-state index is 12.5. The van der Waals surface area contributed by atoms with Crippen LogP contribution < -0.4 is 11.5 Å². The first-order chi connectivity index (χ1) is 8.90. The van der Waals surface area contributed by atoms with E-state index in [1.165, 1.54) is 12.1 Å². The van der Waals surface area contributed by atoms with Gasteiger partial charge in [0.2, 0.25) is 0 Å². The lowest BCUT2D eigenvalue weighted by Crippen LogP contribution is -2.33. The molecule has 4 N–H and O–H groups in total. The first kappa shape index (κ1) is 16.0. The van der Waals surface area contributed by atoms with E-state index >= 15 is 0 Å². The minimum atomic E-state index is -4.30. The standard InChI is InChI=1S/C14H21F3N2/c1-2-3-4-13(19)12(9-18)10-5-7-11(8-6-10)14(15,16)17/h5-8,12-13H,2-4,9,18-19H2,1H3. The molecule has 0 aliphatic carbocycles. The van der Waals surface area contributed by atoms with Gasteiger partial charge >= 0.3 is 6.18 Å². The van der Waals surface area contributed by atoms with E-state index in [0.29, 0.717) is 6.54 Å². The normalized spacial score (nSPS) is 15.3. The van der Waals surface area contributed by atoms with Crippen LogP contribution in [0.4, 0.5) is 13.2 Å². The minimum absolute atomic E-state index is 0.0890. The quantitative estimate of drug-likeness (QED) is 0.836. The number of rotatable bonds is 6. The van der Waals surface area contributed by atoms with Crippen LogP contribution >= 0.6 is 0 Å². The minimum Gasteiger partial charge on any atom is -0.330 e. The monoisotopic (exact) mass is 274 g/mol. The summed E-state index contributed by atoms with van der Waals surface area (Å²) >= 11 is 0. The zero-order valence-electron chi connectivity index (χ0n) is 11.1. The van der Waals surface area contributed by atoms with Crippen molar-refractivity contribution in [2.75, 3.05) is 6.54 Å². The molecule has 0 aliphatic heterocycles. The van der Waals surface area contributed by atoms with Gasteiger partial charge in [-0.15, -0.1) is 0 Å². The van der Waals surface area contributed by atoms with Crippen molar-refractivity contribution in [1.82, 2.24) is 0 Å². The zero-order chi connectivity index (χ0) is 14.5. The van der Waals surface area contributed by atoms with Gasteiger partial charge in [-0.05, 0) is 24.1 Å². The van der Waals surface area contributed by atoms with Crippen molar-refractivity contribution in [2.24, 2.45) is 11.5 Å². The van der Waals surface area contributed by atoms with E-state index in [-0.39, 0.29) is 12.0 Å². The number of halogens is 3. The summed E-state index contributed by atoms with van der Waals surface area (Å²) in [5.41, 5.74) is 11.9. The lowest BCUT2D eigenvalue weighted by molar-refractivity contribution is -0.137. The molecule has 2 atom stereocenters. The average molecular weight is 274 g/mol. The molecule has 2 unspecified atom stereocenters. The van der Waals surface area contributed by atoms with E-state index in [4.69, 9.17) is 11.5 Å². The van der Waals surface area contributed by atoms with Crippen LogP contribution in [0.5, 0.6) is 0 Å². The van der Waals surface area contributed by atoms with Crippen molar-refractivity contribution in [2.45, 2.75) is 44.3 Å². The summed E-state index contributed by atoms with van der Waals surface area (Å²) in [5, 5.41) is 0. The number of nitrogens with two attached hydrogens (primary N) is 2. The highest BCUT2D eigenvalue weighted by Crippen LogP contribution is 2.30. The van der Waals surface area contributed by atoms with Crippen molar-refractivity contribution < 1.29 is 13.2 Å². The molecule has 0 aliphatic rings. The van der Waals surface area contributed by atoms with Crippen LogP contribution in [-0.2, 0) is 6.18 Å². The fourth-order valence-corrected chi connectivity index (χ4v) is 2.12. The molecule has 0 saturated heterocycles. The number of alkyl halides is 3. The SMILES string of the molecule is CCCCC(N)C(CN)c1ccc(C(F)(F)F)cc1. The third kappa shape index (κ3) is 4.51. The smallest absolute Gasteiger partial charge is 0.330 e. The number of unbranched alkanes of at least 4 members (excludes halogenated alkanes) is 1. The van der Waals surface area contributed by atoms with Gasteiger partial charge in [-0.3, -0.25) is 0 Å². The summed E-state index contributed by atoms with van der Waals surface area (Å²) in [7, 11) is 0. The van der Waals surface area contributed by atoms with Gasteiger partial charge < -0.3 is 11.5 Å². The van der Waals surface area contributed by atoms with E-state index in [2.05, 4.69) is 6.92 Å². The van der Waals surface area contributed by atoms with Crippen molar-refractivity contribution in [3.8, 4) is 0 Å². The fraction of sp³-hybridized carbons (Fsp3) is 0.571. The van der Waals surface area contributed by atoms with E-state index in [1.54, 1.807) is 0 Å². The Balaban J connectivity index is 2.82. The molecule has 1 aromatic carbocycles. The average Bonchev–Trinajstić information content (AvgIpc) is 2.37. The Labute approximate surface area is 112 Å². The van der Waals surface area contributed by atoms with Gasteiger partial charge in [-0.1, -0.05) is 31.9 Å². The van der Waals surface area contributed by atoms with Gasteiger partial charge in [-0.2, -0.15) is 13.2 Å². The van der Waals surface area contributed by atoms with Crippen molar-refractivity contribution in [1.29, 1.82) is 0 Å². The Morgan fingerprint density at radius 2 is 1.74 bits per heavy atom. The molecule has 0 amide bonds. The second-order valence-corrected chi connectivity index (χ2v) is 4.77. The number of hydrogen-bond acceptors (Lipinski definition) is 2. The molecule has 0 saturated carbocycles. The number of benzene rings is 1. The van der Waals surface area contributed by atoms with Crippen molar-refractivity contribution >= 4 is 0 Å². The van der Waals surface area contributed by atoms with Gasteiger partial charge in [-0.25, -0.2) is 0 Å². The zero-order valence-corrected chi connectivity index (χ0v) is 11.1. The van der Waals surface area contributed by atoms with Gasteiger partial charge in [0.25, 0.3) is 0 Å². The van der Waals surface area contributed by atoms with Gasteiger partial charge in [0.05, 0.1) is 5.56 Å². The molecule has 0 fully saturated rings. The summed E-state index contributed by atoms with van der Waals surface area (Å²) in [6, 6.07) is 5.02. The van der Waals surface area contributed by atoms with Crippen LogP contribution in [0.25, 0.3) is 0 Å². The first-order valence-electron chi connectivity index (χ1n) is 6.53. The highest BCUT2D eigenvalue weighted by molar-refractivity contribution is 5.28. The van der Waals surface area contributed by atoms with Crippen LogP contribution in [0.15, 0.2) is 24.3 Å². The highest BCUT2D eigenvalue weighted by Gasteiger charge is 2.30. The third-order valence-corrected chi connectivity index (χ3v) is 3.33. The van der Waals surface area contributed by atoms with E-state index in [1.807, 2.05) is 0 Å². The maximum Gasteiger partial charge on any atom is 0.416 e. The van der Waals surface area contributed by atoms with E-state index in [0.717, 1.165) is 37.0 Å². The Hall–Kier alpha value is -1.07. The van der Waals surface area contributed by atoms with Crippen LogP contribution in [-0.4, -0.2) is 12.6 Å². The molecule has 1 aromatic rings. The van der Waals surface area contributed by atoms with Crippen molar-refractivity contribution in [3.05, 3.63) is 35.4 Å². The molecular weight excluding hydrogens is 253 g/mol. The lowest BCUT2D eigenvalue weighted by atomic mass is 9.88. The number of hydrogen-bond donors (Lipinski definition) is 2. The summed E-state index contributed by atoms with van der Waals surface area (Å²) in [6.45, 7) is 2.42. The topological polar surface area (TPSA) is 52.0 Å². The second-order valence-electron chi connectivity index (χ2n) is 4.77. The Morgan fingerprint density at radius 3 is 2.16 bits per heavy atom. The second kappa shape index (κ2) is 6.91. The maximum atomic E-state index is 12.5. The van der Waals surface area contributed by atoms with Gasteiger partial charge in [0.15, 0.2) is 0 Å². The van der Waals surface area contributed by atoms with E-state index in [9.17, 15) is 13.2 Å². The molecule has 0 heterocycles. The fourth-order valence-electron chi connectivity index (χ4n) is 2.12. The molecule has 108 valence electrons. The third-order valence-electron chi connectivity index (χ3n) is 3.33. The first-order valence-corrected chi connectivity index (χ1v) is 6.53. The van der Waals surface area contributed by atoms with Crippen LogP contribution in [0, 0.1) is 0 Å². The van der Waals surface area contributed by atoms with E-state index < -0.39 is 11.7 Å². The molecule has 19 heavy (non-hydrogen) atoms.